The Morgan fingerprint density at radius 1 is 1.05 bits per heavy atom. The van der Waals surface area contributed by atoms with Gasteiger partial charge in [0.15, 0.2) is 0 Å². The first-order valence-electron chi connectivity index (χ1n) is 7.84. The van der Waals surface area contributed by atoms with Gasteiger partial charge in [-0.05, 0) is 49.9 Å². The highest BCUT2D eigenvalue weighted by molar-refractivity contribution is 5.85. The number of carboxylic acids is 1. The van der Waals surface area contributed by atoms with Gasteiger partial charge in [-0.1, -0.05) is 20.8 Å². The minimum atomic E-state index is -0.848. The third kappa shape index (κ3) is 3.15. The van der Waals surface area contributed by atoms with Crippen molar-refractivity contribution in [2.75, 3.05) is 6.54 Å². The summed E-state index contributed by atoms with van der Waals surface area (Å²) in [5, 5.41) is 9.19. The van der Waals surface area contributed by atoms with Crippen LogP contribution in [0.25, 0.3) is 0 Å². The monoisotopic (exact) mass is 281 g/mol. The van der Waals surface area contributed by atoms with Crippen molar-refractivity contribution in [3.63, 3.8) is 0 Å². The van der Waals surface area contributed by atoms with Gasteiger partial charge in [0.1, 0.15) is 6.04 Å². The lowest BCUT2D eigenvalue weighted by atomic mass is 9.69. The lowest BCUT2D eigenvalue weighted by molar-refractivity contribution is -0.150. The number of carboxylic acid groups (broad SMARTS) is 1. The van der Waals surface area contributed by atoms with Crippen LogP contribution in [0.1, 0.15) is 59.3 Å². The molecule has 0 radical (unpaired) electrons. The number of carbonyl (C=O) groups excluding carboxylic acids is 1. The molecule has 20 heavy (non-hydrogen) atoms. The Morgan fingerprint density at radius 3 is 2.15 bits per heavy atom. The second-order valence-electron chi connectivity index (χ2n) is 7.44. The lowest BCUT2D eigenvalue weighted by Crippen LogP contribution is -2.44. The smallest absolute Gasteiger partial charge is 0.326 e. The molecule has 1 aliphatic carbocycles. The Morgan fingerprint density at radius 2 is 1.65 bits per heavy atom. The average Bonchev–Trinajstić information content (AvgIpc) is 2.86. The van der Waals surface area contributed by atoms with Gasteiger partial charge in [0.05, 0.1) is 0 Å². The third-order valence-corrected chi connectivity index (χ3v) is 5.12. The maximum absolute atomic E-state index is 12.5. The fraction of sp³-hybridized carbons (Fsp3) is 0.875. The molecule has 1 saturated heterocycles. The largest absolute Gasteiger partial charge is 0.480 e. The van der Waals surface area contributed by atoms with Crippen LogP contribution in [0.3, 0.4) is 0 Å². The van der Waals surface area contributed by atoms with Gasteiger partial charge in [-0.2, -0.15) is 0 Å². The molecule has 1 atom stereocenters. The molecule has 0 aromatic carbocycles. The molecule has 114 valence electrons. The van der Waals surface area contributed by atoms with E-state index in [9.17, 15) is 14.7 Å². The summed E-state index contributed by atoms with van der Waals surface area (Å²) in [4.78, 5) is 25.3. The zero-order chi connectivity index (χ0) is 14.9. The summed E-state index contributed by atoms with van der Waals surface area (Å²) in [5.41, 5.74) is 0.311. The van der Waals surface area contributed by atoms with E-state index < -0.39 is 12.0 Å². The average molecular weight is 281 g/mol. The van der Waals surface area contributed by atoms with Crippen LogP contribution in [-0.4, -0.2) is 34.5 Å². The predicted molar refractivity (Wildman–Crippen MR) is 77.3 cm³/mol. The highest BCUT2D eigenvalue weighted by atomic mass is 16.4. The quantitative estimate of drug-likeness (QED) is 0.846. The fourth-order valence-electron chi connectivity index (χ4n) is 3.73. The highest BCUT2D eigenvalue weighted by Gasteiger charge is 2.39. The van der Waals surface area contributed by atoms with Gasteiger partial charge in [-0.15, -0.1) is 0 Å². The van der Waals surface area contributed by atoms with E-state index in [-0.39, 0.29) is 11.8 Å². The molecule has 4 nitrogen and oxygen atoms in total. The molecule has 1 saturated carbocycles. The van der Waals surface area contributed by atoms with Crippen LogP contribution in [0.4, 0.5) is 0 Å². The van der Waals surface area contributed by atoms with E-state index in [0.29, 0.717) is 24.3 Å². The molecular weight excluding hydrogens is 254 g/mol. The van der Waals surface area contributed by atoms with E-state index in [2.05, 4.69) is 20.8 Å². The van der Waals surface area contributed by atoms with Gasteiger partial charge in [-0.3, -0.25) is 4.79 Å². The second-order valence-corrected chi connectivity index (χ2v) is 7.44. The van der Waals surface area contributed by atoms with Crippen molar-refractivity contribution in [1.82, 2.24) is 4.90 Å². The summed E-state index contributed by atoms with van der Waals surface area (Å²) in [6, 6.07) is -0.581. The Bertz CT molecular complexity index is 378. The van der Waals surface area contributed by atoms with Gasteiger partial charge in [0.2, 0.25) is 5.91 Å². The minimum absolute atomic E-state index is 0.0496. The van der Waals surface area contributed by atoms with Crippen molar-refractivity contribution in [2.24, 2.45) is 17.3 Å². The third-order valence-electron chi connectivity index (χ3n) is 5.12. The number of amides is 1. The zero-order valence-corrected chi connectivity index (χ0v) is 12.9. The number of nitrogens with zero attached hydrogens (tertiary/aromatic N) is 1. The van der Waals surface area contributed by atoms with Crippen LogP contribution in [0.15, 0.2) is 0 Å². The highest BCUT2D eigenvalue weighted by Crippen LogP contribution is 2.40. The number of likely N-dealkylation sites (tertiary alicyclic amines) is 1. The maximum atomic E-state index is 12.5. The summed E-state index contributed by atoms with van der Waals surface area (Å²) in [7, 11) is 0. The molecule has 0 unspecified atom stereocenters. The number of hydrogen-bond donors (Lipinski definition) is 1. The second kappa shape index (κ2) is 5.74. The molecule has 4 heteroatoms. The molecule has 0 aromatic rings. The maximum Gasteiger partial charge on any atom is 0.326 e. The molecular formula is C16H27NO3. The normalized spacial score (nSPS) is 31.4. The molecule has 1 amide bonds. The summed E-state index contributed by atoms with van der Waals surface area (Å²) < 4.78 is 0. The van der Waals surface area contributed by atoms with Crippen molar-refractivity contribution in [3.05, 3.63) is 0 Å². The van der Waals surface area contributed by atoms with E-state index in [1.54, 1.807) is 4.90 Å². The van der Waals surface area contributed by atoms with E-state index in [0.717, 1.165) is 32.1 Å². The molecule has 0 aromatic heterocycles. The standard InChI is InChI=1S/C16H27NO3/c1-16(2,3)12-8-6-11(7-9-12)14(18)17-10-4-5-13(17)15(19)20/h11-13H,4-10H2,1-3H3,(H,19,20)/t11?,12?,13-/m1/s1. The van der Waals surface area contributed by atoms with Crippen LogP contribution in [-0.2, 0) is 9.59 Å². The van der Waals surface area contributed by atoms with E-state index in [4.69, 9.17) is 0 Å². The molecule has 0 bridgehead atoms. The molecule has 1 N–H and O–H groups in total. The Balaban J connectivity index is 1.93. The van der Waals surface area contributed by atoms with Gasteiger partial charge in [0.25, 0.3) is 0 Å². The van der Waals surface area contributed by atoms with Crippen molar-refractivity contribution in [1.29, 1.82) is 0 Å². The number of hydrogen-bond acceptors (Lipinski definition) is 2. The van der Waals surface area contributed by atoms with Crippen LogP contribution >= 0.6 is 0 Å². The zero-order valence-electron chi connectivity index (χ0n) is 12.9. The fourth-order valence-corrected chi connectivity index (χ4v) is 3.73. The number of aliphatic carboxylic acids is 1. The van der Waals surface area contributed by atoms with Crippen molar-refractivity contribution in [3.8, 4) is 0 Å². The van der Waals surface area contributed by atoms with Gasteiger partial charge in [-0.25, -0.2) is 4.79 Å². The van der Waals surface area contributed by atoms with Crippen LogP contribution in [0, 0.1) is 17.3 Å². The molecule has 0 spiro atoms. The molecule has 2 fully saturated rings. The van der Waals surface area contributed by atoms with Gasteiger partial charge < -0.3 is 10.0 Å². The summed E-state index contributed by atoms with van der Waals surface area (Å²) in [6.45, 7) is 7.41. The first-order chi connectivity index (χ1) is 9.30. The van der Waals surface area contributed by atoms with Crippen LogP contribution < -0.4 is 0 Å². The Hall–Kier alpha value is -1.06. The van der Waals surface area contributed by atoms with Gasteiger partial charge >= 0.3 is 5.97 Å². The molecule has 2 rings (SSSR count). The van der Waals surface area contributed by atoms with Crippen molar-refractivity contribution in [2.45, 2.75) is 65.3 Å². The SMILES string of the molecule is CC(C)(C)C1CCC(C(=O)N2CCC[C@@H]2C(=O)O)CC1. The van der Waals surface area contributed by atoms with E-state index in [1.807, 2.05) is 0 Å². The summed E-state index contributed by atoms with van der Waals surface area (Å²) in [6.07, 6.45) is 5.45. The minimum Gasteiger partial charge on any atom is -0.480 e. The van der Waals surface area contributed by atoms with Crippen molar-refractivity contribution >= 4 is 11.9 Å². The number of carbonyl (C=O) groups is 2. The van der Waals surface area contributed by atoms with E-state index >= 15 is 0 Å². The Kier molecular flexibility index (Phi) is 4.40. The molecule has 1 heterocycles. The van der Waals surface area contributed by atoms with Gasteiger partial charge in [0, 0.05) is 12.5 Å². The van der Waals surface area contributed by atoms with E-state index in [1.165, 1.54) is 0 Å². The predicted octanol–water partition coefficient (Wildman–Crippen LogP) is 2.91. The van der Waals surface area contributed by atoms with Crippen molar-refractivity contribution < 1.29 is 14.7 Å². The molecule has 2 aliphatic rings. The topological polar surface area (TPSA) is 57.6 Å². The first kappa shape index (κ1) is 15.3. The first-order valence-corrected chi connectivity index (χ1v) is 7.84. The summed E-state index contributed by atoms with van der Waals surface area (Å²) >= 11 is 0. The lowest BCUT2D eigenvalue weighted by Gasteiger charge is -2.37. The Labute approximate surface area is 121 Å². The van der Waals surface area contributed by atoms with Crippen LogP contribution in [0.5, 0.6) is 0 Å². The van der Waals surface area contributed by atoms with Crippen LogP contribution in [0.2, 0.25) is 0 Å². The number of rotatable bonds is 2. The summed E-state index contributed by atoms with van der Waals surface area (Å²) in [5.74, 6) is -0.0320. The molecule has 1 aliphatic heterocycles.